The zero-order chi connectivity index (χ0) is 20.2. The molecule has 3 aromatic carbocycles. The van der Waals surface area contributed by atoms with Crippen LogP contribution in [0.3, 0.4) is 0 Å². The maximum absolute atomic E-state index is 13.3. The number of hydrogen-bond donors (Lipinski definition) is 1. The largest absolute Gasteiger partial charge is 0.324 e. The van der Waals surface area contributed by atoms with Crippen molar-refractivity contribution in [2.75, 3.05) is 5.32 Å². The van der Waals surface area contributed by atoms with Gasteiger partial charge in [-0.3, -0.25) is 9.59 Å². The summed E-state index contributed by atoms with van der Waals surface area (Å²) in [6.45, 7) is -0.262. The van der Waals surface area contributed by atoms with E-state index in [-0.39, 0.29) is 12.1 Å². The molecular weight excluding hydrogens is 369 g/mol. The van der Waals surface area contributed by atoms with E-state index in [1.165, 1.54) is 18.2 Å². The molecule has 0 atom stereocenters. The van der Waals surface area contributed by atoms with Gasteiger partial charge in [0.15, 0.2) is 0 Å². The Kier molecular flexibility index (Phi) is 5.16. The molecule has 0 spiro atoms. The molecule has 6 heteroatoms. The second kappa shape index (κ2) is 8.06. The van der Waals surface area contributed by atoms with Crippen LogP contribution in [0.4, 0.5) is 10.1 Å². The van der Waals surface area contributed by atoms with Crippen molar-refractivity contribution in [1.82, 2.24) is 9.78 Å². The average molecular weight is 387 g/mol. The van der Waals surface area contributed by atoms with Gasteiger partial charge in [0.1, 0.15) is 12.4 Å². The lowest BCUT2D eigenvalue weighted by Crippen LogP contribution is -2.30. The fourth-order valence-corrected chi connectivity index (χ4v) is 3.24. The van der Waals surface area contributed by atoms with Crippen LogP contribution in [0, 0.1) is 5.82 Å². The number of carbonyl (C=O) groups excluding carboxylic acids is 1. The zero-order valence-electron chi connectivity index (χ0n) is 15.5. The minimum Gasteiger partial charge on any atom is -0.324 e. The topological polar surface area (TPSA) is 64.0 Å². The first-order chi connectivity index (χ1) is 14.1. The van der Waals surface area contributed by atoms with Crippen LogP contribution in [0.5, 0.6) is 0 Å². The first-order valence-electron chi connectivity index (χ1n) is 9.18. The Balaban J connectivity index is 1.67. The van der Waals surface area contributed by atoms with Crippen molar-refractivity contribution in [3.05, 3.63) is 106 Å². The summed E-state index contributed by atoms with van der Waals surface area (Å²) < 4.78 is 14.5. The predicted molar refractivity (Wildman–Crippen MR) is 110 cm³/mol. The van der Waals surface area contributed by atoms with Crippen LogP contribution in [-0.2, 0) is 17.8 Å². The predicted octanol–water partition coefficient (Wildman–Crippen LogP) is 3.77. The standard InChI is InChI=1S/C23H18FN3O2/c24-17-9-6-10-18(14-17)25-22(28)15-27-23(29)20-12-5-4-11-19(20)21(26-27)13-16-7-2-1-3-8-16/h1-12,14H,13,15H2,(H,25,28). The van der Waals surface area contributed by atoms with Crippen molar-refractivity contribution in [1.29, 1.82) is 0 Å². The number of anilines is 1. The summed E-state index contributed by atoms with van der Waals surface area (Å²) in [7, 11) is 0. The minimum absolute atomic E-state index is 0.262. The van der Waals surface area contributed by atoms with Crippen LogP contribution in [0.2, 0.25) is 0 Å². The number of nitrogens with zero attached hydrogens (tertiary/aromatic N) is 2. The van der Waals surface area contributed by atoms with Gasteiger partial charge in [-0.2, -0.15) is 5.10 Å². The highest BCUT2D eigenvalue weighted by Crippen LogP contribution is 2.17. The maximum atomic E-state index is 13.3. The first-order valence-corrected chi connectivity index (χ1v) is 9.18. The molecule has 0 saturated carbocycles. The smallest absolute Gasteiger partial charge is 0.275 e. The van der Waals surface area contributed by atoms with Gasteiger partial charge < -0.3 is 5.32 Å². The highest BCUT2D eigenvalue weighted by molar-refractivity contribution is 5.91. The summed E-state index contributed by atoms with van der Waals surface area (Å²) in [6, 6.07) is 22.6. The monoisotopic (exact) mass is 387 g/mol. The number of carbonyl (C=O) groups is 1. The Bertz CT molecular complexity index is 1240. The van der Waals surface area contributed by atoms with Crippen molar-refractivity contribution in [3.63, 3.8) is 0 Å². The number of hydrogen-bond acceptors (Lipinski definition) is 3. The third-order valence-corrected chi connectivity index (χ3v) is 4.56. The molecular formula is C23H18FN3O2. The molecule has 1 aromatic heterocycles. The van der Waals surface area contributed by atoms with E-state index in [9.17, 15) is 14.0 Å². The van der Waals surface area contributed by atoms with E-state index in [0.717, 1.165) is 15.6 Å². The van der Waals surface area contributed by atoms with Crippen molar-refractivity contribution >= 4 is 22.4 Å². The molecule has 0 aliphatic carbocycles. The van der Waals surface area contributed by atoms with Gasteiger partial charge in [0, 0.05) is 17.5 Å². The van der Waals surface area contributed by atoms with E-state index < -0.39 is 11.7 Å². The van der Waals surface area contributed by atoms with Crippen molar-refractivity contribution < 1.29 is 9.18 Å². The quantitative estimate of drug-likeness (QED) is 0.567. The first kappa shape index (κ1) is 18.6. The van der Waals surface area contributed by atoms with Crippen molar-refractivity contribution in [2.45, 2.75) is 13.0 Å². The van der Waals surface area contributed by atoms with Crippen LogP contribution in [0.15, 0.2) is 83.7 Å². The van der Waals surface area contributed by atoms with Crippen molar-refractivity contribution in [2.24, 2.45) is 0 Å². The van der Waals surface area contributed by atoms with E-state index in [2.05, 4.69) is 10.4 Å². The molecule has 5 nitrogen and oxygen atoms in total. The van der Waals surface area contributed by atoms with Gasteiger partial charge in [-0.1, -0.05) is 54.6 Å². The van der Waals surface area contributed by atoms with Crippen LogP contribution >= 0.6 is 0 Å². The lowest BCUT2D eigenvalue weighted by molar-refractivity contribution is -0.117. The fraction of sp³-hybridized carbons (Fsp3) is 0.0870. The SMILES string of the molecule is O=C(Cn1nc(Cc2ccccc2)c2ccccc2c1=O)Nc1cccc(F)c1. The van der Waals surface area contributed by atoms with E-state index in [0.29, 0.717) is 23.2 Å². The molecule has 1 amide bonds. The molecule has 29 heavy (non-hydrogen) atoms. The summed E-state index contributed by atoms with van der Waals surface area (Å²) in [4.78, 5) is 25.3. The lowest BCUT2D eigenvalue weighted by atomic mass is 10.0. The summed E-state index contributed by atoms with van der Waals surface area (Å²) in [5.41, 5.74) is 1.75. The molecule has 144 valence electrons. The number of nitrogens with one attached hydrogen (secondary N) is 1. The summed E-state index contributed by atoms with van der Waals surface area (Å²) in [5, 5.41) is 8.33. The highest BCUT2D eigenvalue weighted by Gasteiger charge is 2.13. The summed E-state index contributed by atoms with van der Waals surface area (Å²) in [6.07, 6.45) is 0.535. The Labute approximate surface area is 166 Å². The summed E-state index contributed by atoms with van der Waals surface area (Å²) in [5.74, 6) is -0.903. The van der Waals surface area contributed by atoms with E-state index >= 15 is 0 Å². The normalized spacial score (nSPS) is 10.8. The molecule has 4 rings (SSSR count). The van der Waals surface area contributed by atoms with Crippen LogP contribution in [0.1, 0.15) is 11.3 Å². The van der Waals surface area contributed by atoms with E-state index in [1.54, 1.807) is 18.2 Å². The second-order valence-corrected chi connectivity index (χ2v) is 6.68. The number of halogens is 1. The van der Waals surface area contributed by atoms with Gasteiger partial charge in [-0.25, -0.2) is 9.07 Å². The molecule has 0 aliphatic heterocycles. The van der Waals surface area contributed by atoms with Gasteiger partial charge >= 0.3 is 0 Å². The van der Waals surface area contributed by atoms with E-state index in [1.807, 2.05) is 42.5 Å². The Morgan fingerprint density at radius 2 is 1.66 bits per heavy atom. The van der Waals surface area contributed by atoms with Gasteiger partial charge in [0.25, 0.3) is 5.56 Å². The van der Waals surface area contributed by atoms with E-state index in [4.69, 9.17) is 0 Å². The third-order valence-electron chi connectivity index (χ3n) is 4.56. The second-order valence-electron chi connectivity index (χ2n) is 6.68. The molecule has 1 heterocycles. The zero-order valence-corrected chi connectivity index (χ0v) is 15.5. The molecule has 0 fully saturated rings. The fourth-order valence-electron chi connectivity index (χ4n) is 3.24. The Morgan fingerprint density at radius 1 is 0.931 bits per heavy atom. The number of fused-ring (bicyclic) bond motifs is 1. The van der Waals surface area contributed by atoms with Gasteiger partial charge in [0.2, 0.25) is 5.91 Å². The molecule has 0 unspecified atom stereocenters. The third kappa shape index (κ3) is 4.21. The Morgan fingerprint density at radius 3 is 2.41 bits per heavy atom. The van der Waals surface area contributed by atoms with Gasteiger partial charge in [-0.05, 0) is 29.8 Å². The minimum atomic E-state index is -0.453. The average Bonchev–Trinajstić information content (AvgIpc) is 2.72. The number of rotatable bonds is 5. The maximum Gasteiger partial charge on any atom is 0.275 e. The number of aromatic nitrogens is 2. The molecule has 0 bridgehead atoms. The molecule has 4 aromatic rings. The van der Waals surface area contributed by atoms with Crippen LogP contribution in [-0.4, -0.2) is 15.7 Å². The van der Waals surface area contributed by atoms with Crippen molar-refractivity contribution in [3.8, 4) is 0 Å². The molecule has 0 saturated heterocycles. The molecule has 1 N–H and O–H groups in total. The number of amides is 1. The van der Waals surface area contributed by atoms with Crippen LogP contribution < -0.4 is 10.9 Å². The van der Waals surface area contributed by atoms with Crippen LogP contribution in [0.25, 0.3) is 10.8 Å². The molecule has 0 aliphatic rings. The lowest BCUT2D eigenvalue weighted by Gasteiger charge is -2.11. The van der Waals surface area contributed by atoms with Gasteiger partial charge in [0.05, 0.1) is 11.1 Å². The van der Waals surface area contributed by atoms with Gasteiger partial charge in [-0.15, -0.1) is 0 Å². The summed E-state index contributed by atoms with van der Waals surface area (Å²) >= 11 is 0. The number of benzene rings is 3. The highest BCUT2D eigenvalue weighted by atomic mass is 19.1. The molecule has 0 radical (unpaired) electrons. The Hall–Kier alpha value is -3.80.